The highest BCUT2D eigenvalue weighted by molar-refractivity contribution is 5.74. The number of methoxy groups -OCH3 is 1. The highest BCUT2D eigenvalue weighted by atomic mass is 16.5. The van der Waals surface area contributed by atoms with Crippen LogP contribution in [0.4, 0.5) is 4.79 Å². The van der Waals surface area contributed by atoms with Gasteiger partial charge in [-0.3, -0.25) is 0 Å². The summed E-state index contributed by atoms with van der Waals surface area (Å²) >= 11 is 0. The Morgan fingerprint density at radius 1 is 1.12 bits per heavy atom. The van der Waals surface area contributed by atoms with Crippen molar-refractivity contribution in [2.45, 2.75) is 51.6 Å². The average Bonchev–Trinajstić information content (AvgIpc) is 2.70. The fourth-order valence-electron chi connectivity index (χ4n) is 3.63. The van der Waals surface area contributed by atoms with Crippen LogP contribution in [0.15, 0.2) is 42.5 Å². The maximum absolute atomic E-state index is 12.4. The predicted molar refractivity (Wildman–Crippen MR) is 104 cm³/mol. The van der Waals surface area contributed by atoms with E-state index in [4.69, 9.17) is 4.74 Å². The molecular formula is C22H28N2O2. The molecule has 0 radical (unpaired) electrons. The van der Waals surface area contributed by atoms with Crippen LogP contribution in [0.2, 0.25) is 0 Å². The van der Waals surface area contributed by atoms with Gasteiger partial charge in [-0.2, -0.15) is 0 Å². The zero-order valence-electron chi connectivity index (χ0n) is 15.7. The van der Waals surface area contributed by atoms with Gasteiger partial charge in [0.1, 0.15) is 5.75 Å². The zero-order valence-corrected chi connectivity index (χ0v) is 15.7. The molecule has 4 nitrogen and oxygen atoms in total. The van der Waals surface area contributed by atoms with E-state index in [1.165, 1.54) is 36.0 Å². The average molecular weight is 352 g/mol. The normalized spacial score (nSPS) is 14.2. The Labute approximate surface area is 156 Å². The molecule has 2 aromatic rings. The lowest BCUT2D eigenvalue weighted by Crippen LogP contribution is -2.37. The molecule has 1 unspecified atom stereocenters. The van der Waals surface area contributed by atoms with Gasteiger partial charge < -0.3 is 15.4 Å². The molecule has 2 aromatic carbocycles. The minimum absolute atomic E-state index is 0.0277. The Kier molecular flexibility index (Phi) is 6.16. The standard InChI is InChI=1S/C22H28N2O2/c1-3-20(18-13-12-16-8-4-5-9-17(16)14-18)24-22(25)23-15-19-10-6-7-11-21(19)26-2/h6-7,10-14,20H,3-5,8-9,15H2,1-2H3,(H2,23,24,25). The summed E-state index contributed by atoms with van der Waals surface area (Å²) in [5.74, 6) is 0.787. The van der Waals surface area contributed by atoms with E-state index in [0.29, 0.717) is 6.54 Å². The monoisotopic (exact) mass is 352 g/mol. The van der Waals surface area contributed by atoms with Crippen LogP contribution < -0.4 is 15.4 Å². The minimum atomic E-state index is -0.152. The summed E-state index contributed by atoms with van der Waals surface area (Å²) < 4.78 is 5.33. The smallest absolute Gasteiger partial charge is 0.315 e. The van der Waals surface area contributed by atoms with E-state index in [9.17, 15) is 4.79 Å². The molecule has 138 valence electrons. The number of ether oxygens (including phenoxy) is 1. The van der Waals surface area contributed by atoms with Crippen molar-refractivity contribution in [3.63, 3.8) is 0 Å². The first-order chi connectivity index (χ1) is 12.7. The summed E-state index contributed by atoms with van der Waals surface area (Å²) in [6.07, 6.45) is 5.74. The molecule has 1 aliphatic carbocycles. The Balaban J connectivity index is 1.61. The van der Waals surface area contributed by atoms with Crippen molar-refractivity contribution in [2.75, 3.05) is 7.11 Å². The molecule has 26 heavy (non-hydrogen) atoms. The van der Waals surface area contributed by atoms with Crippen molar-refractivity contribution < 1.29 is 9.53 Å². The highest BCUT2D eigenvalue weighted by Gasteiger charge is 2.16. The van der Waals surface area contributed by atoms with Crippen molar-refractivity contribution in [2.24, 2.45) is 0 Å². The zero-order chi connectivity index (χ0) is 18.4. The fraction of sp³-hybridized carbons (Fsp3) is 0.409. The van der Waals surface area contributed by atoms with Crippen LogP contribution in [0.25, 0.3) is 0 Å². The van der Waals surface area contributed by atoms with Crippen molar-refractivity contribution in [3.8, 4) is 5.75 Å². The van der Waals surface area contributed by atoms with Crippen molar-refractivity contribution in [1.29, 1.82) is 0 Å². The molecule has 4 heteroatoms. The van der Waals surface area contributed by atoms with Gasteiger partial charge in [0.05, 0.1) is 13.2 Å². The van der Waals surface area contributed by atoms with Crippen LogP contribution in [-0.2, 0) is 19.4 Å². The van der Waals surface area contributed by atoms with E-state index < -0.39 is 0 Å². The Hall–Kier alpha value is -2.49. The number of carbonyl (C=O) groups excluding carboxylic acids is 1. The second-order valence-electron chi connectivity index (χ2n) is 6.83. The van der Waals surface area contributed by atoms with Crippen LogP contribution in [0.5, 0.6) is 5.75 Å². The molecule has 0 spiro atoms. The molecule has 0 saturated carbocycles. The van der Waals surface area contributed by atoms with Gasteiger partial charge in [0.25, 0.3) is 0 Å². The van der Waals surface area contributed by atoms with Crippen LogP contribution in [-0.4, -0.2) is 13.1 Å². The van der Waals surface area contributed by atoms with Gasteiger partial charge in [0, 0.05) is 12.1 Å². The lowest BCUT2D eigenvalue weighted by molar-refractivity contribution is 0.236. The first-order valence-corrected chi connectivity index (χ1v) is 9.49. The van der Waals surface area contributed by atoms with Crippen LogP contribution in [0.1, 0.15) is 54.5 Å². The minimum Gasteiger partial charge on any atom is -0.496 e. The Morgan fingerprint density at radius 3 is 2.65 bits per heavy atom. The second-order valence-corrected chi connectivity index (χ2v) is 6.83. The van der Waals surface area contributed by atoms with Gasteiger partial charge in [-0.15, -0.1) is 0 Å². The van der Waals surface area contributed by atoms with Gasteiger partial charge in [-0.1, -0.05) is 43.3 Å². The number of hydrogen-bond donors (Lipinski definition) is 2. The number of nitrogens with one attached hydrogen (secondary N) is 2. The van der Waals surface area contributed by atoms with Crippen molar-refractivity contribution in [3.05, 3.63) is 64.7 Å². The van der Waals surface area contributed by atoms with Crippen LogP contribution >= 0.6 is 0 Å². The molecule has 0 fully saturated rings. The van der Waals surface area contributed by atoms with E-state index in [2.05, 4.69) is 35.8 Å². The summed E-state index contributed by atoms with van der Waals surface area (Å²) in [6, 6.07) is 14.3. The molecule has 1 atom stereocenters. The quantitative estimate of drug-likeness (QED) is 0.803. The van der Waals surface area contributed by atoms with Gasteiger partial charge in [-0.05, 0) is 54.9 Å². The molecule has 0 heterocycles. The lowest BCUT2D eigenvalue weighted by atomic mass is 9.89. The maximum Gasteiger partial charge on any atom is 0.315 e. The van der Waals surface area contributed by atoms with E-state index in [1.807, 2.05) is 24.3 Å². The third-order valence-corrected chi connectivity index (χ3v) is 5.12. The largest absolute Gasteiger partial charge is 0.496 e. The third kappa shape index (κ3) is 4.37. The highest BCUT2D eigenvalue weighted by Crippen LogP contribution is 2.26. The molecule has 1 aliphatic rings. The molecule has 3 rings (SSSR count). The molecule has 0 aliphatic heterocycles. The van der Waals surface area contributed by atoms with E-state index in [0.717, 1.165) is 24.2 Å². The number of benzene rings is 2. The Bertz CT molecular complexity index is 758. The summed E-state index contributed by atoms with van der Waals surface area (Å²) in [6.45, 7) is 2.54. The number of amides is 2. The lowest BCUT2D eigenvalue weighted by Gasteiger charge is -2.22. The van der Waals surface area contributed by atoms with Gasteiger partial charge in [0.15, 0.2) is 0 Å². The first kappa shape index (κ1) is 18.3. The van der Waals surface area contributed by atoms with Gasteiger partial charge in [-0.25, -0.2) is 4.79 Å². The maximum atomic E-state index is 12.4. The van der Waals surface area contributed by atoms with Crippen LogP contribution in [0, 0.1) is 0 Å². The number of aryl methyl sites for hydroxylation is 2. The van der Waals surface area contributed by atoms with Crippen LogP contribution in [0.3, 0.4) is 0 Å². The molecule has 2 amide bonds. The predicted octanol–water partition coefficient (Wildman–Crippen LogP) is 4.52. The SMILES string of the molecule is CCC(NC(=O)NCc1ccccc1OC)c1ccc2c(c1)CCCC2. The van der Waals surface area contributed by atoms with Gasteiger partial charge in [0.2, 0.25) is 0 Å². The summed E-state index contributed by atoms with van der Waals surface area (Å²) in [7, 11) is 1.64. The number of carbonyl (C=O) groups is 1. The summed E-state index contributed by atoms with van der Waals surface area (Å²) in [5.41, 5.74) is 5.08. The number of rotatable bonds is 6. The van der Waals surface area contributed by atoms with Crippen molar-refractivity contribution in [1.82, 2.24) is 10.6 Å². The molecule has 0 aromatic heterocycles. The number of hydrogen-bond acceptors (Lipinski definition) is 2. The number of fused-ring (bicyclic) bond motifs is 1. The molecule has 0 bridgehead atoms. The van der Waals surface area contributed by atoms with E-state index in [1.54, 1.807) is 7.11 Å². The van der Waals surface area contributed by atoms with E-state index >= 15 is 0 Å². The summed E-state index contributed by atoms with van der Waals surface area (Å²) in [5, 5.41) is 6.05. The van der Waals surface area contributed by atoms with Crippen molar-refractivity contribution >= 4 is 6.03 Å². The van der Waals surface area contributed by atoms with E-state index in [-0.39, 0.29) is 12.1 Å². The second kappa shape index (κ2) is 8.75. The van der Waals surface area contributed by atoms with Gasteiger partial charge >= 0.3 is 6.03 Å². The molecule has 0 saturated heterocycles. The molecule has 2 N–H and O–H groups in total. The Morgan fingerprint density at radius 2 is 1.88 bits per heavy atom. The number of para-hydroxylation sites is 1. The molecular weight excluding hydrogens is 324 g/mol. The topological polar surface area (TPSA) is 50.4 Å². The third-order valence-electron chi connectivity index (χ3n) is 5.12. The first-order valence-electron chi connectivity index (χ1n) is 9.49. The summed E-state index contributed by atoms with van der Waals surface area (Å²) in [4.78, 5) is 12.4. The number of urea groups is 1. The fourth-order valence-corrected chi connectivity index (χ4v) is 3.63.